The van der Waals surface area contributed by atoms with Crippen molar-refractivity contribution in [1.29, 1.82) is 0 Å². The maximum atomic E-state index is 12.4. The van der Waals surface area contributed by atoms with Gasteiger partial charge in [-0.1, -0.05) is 25.4 Å². The smallest absolute Gasteiger partial charge is 0.254 e. The van der Waals surface area contributed by atoms with Crippen LogP contribution >= 0.6 is 11.6 Å². The first-order chi connectivity index (χ1) is 9.13. The number of carbonyl (C=O) groups is 1. The highest BCUT2D eigenvalue weighted by Gasteiger charge is 2.21. The predicted octanol–water partition coefficient (Wildman–Crippen LogP) is 2.08. The average Bonchev–Trinajstić information content (AvgIpc) is 2.46. The monoisotopic (exact) mass is 281 g/mol. The number of hydrogen-bond acceptors (Lipinski definition) is 3. The largest absolute Gasteiger partial charge is 0.336 e. The molecular formula is C14H20ClN3O. The summed E-state index contributed by atoms with van der Waals surface area (Å²) in [5.41, 5.74) is 1.52. The average molecular weight is 282 g/mol. The van der Waals surface area contributed by atoms with E-state index in [-0.39, 0.29) is 5.91 Å². The Kier molecular flexibility index (Phi) is 4.77. The quantitative estimate of drug-likeness (QED) is 0.796. The number of pyridine rings is 1. The lowest BCUT2D eigenvalue weighted by molar-refractivity contribution is 0.0643. The van der Waals surface area contributed by atoms with Gasteiger partial charge in [0.2, 0.25) is 0 Å². The van der Waals surface area contributed by atoms with Gasteiger partial charge in [0, 0.05) is 37.4 Å². The lowest BCUT2D eigenvalue weighted by Crippen LogP contribution is -2.48. The number of carbonyl (C=O) groups excluding carboxylic acids is 1. The number of piperazine rings is 1. The lowest BCUT2D eigenvalue weighted by atomic mass is 10.1. The molecule has 1 aromatic heterocycles. The van der Waals surface area contributed by atoms with Crippen molar-refractivity contribution < 1.29 is 4.79 Å². The predicted molar refractivity (Wildman–Crippen MR) is 76.6 cm³/mol. The summed E-state index contributed by atoms with van der Waals surface area (Å²) >= 11 is 5.97. The molecule has 0 saturated carbocycles. The van der Waals surface area contributed by atoms with Crippen LogP contribution < -0.4 is 0 Å². The number of nitrogens with zero attached hydrogens (tertiary/aromatic N) is 3. The van der Waals surface area contributed by atoms with Crippen molar-refractivity contribution >= 4 is 17.5 Å². The molecule has 4 nitrogen and oxygen atoms in total. The van der Waals surface area contributed by atoms with E-state index < -0.39 is 0 Å². The van der Waals surface area contributed by atoms with Gasteiger partial charge < -0.3 is 9.80 Å². The third-order valence-electron chi connectivity index (χ3n) is 3.56. The van der Waals surface area contributed by atoms with Gasteiger partial charge in [0.25, 0.3) is 5.91 Å². The molecule has 5 heteroatoms. The maximum Gasteiger partial charge on any atom is 0.254 e. The van der Waals surface area contributed by atoms with Crippen molar-refractivity contribution in [3.05, 3.63) is 28.5 Å². The second-order valence-corrected chi connectivity index (χ2v) is 5.14. The maximum absolute atomic E-state index is 12.4. The highest BCUT2D eigenvalue weighted by atomic mass is 35.5. The second-order valence-electron chi connectivity index (χ2n) is 4.75. The Morgan fingerprint density at radius 2 is 1.95 bits per heavy atom. The Morgan fingerprint density at radius 1 is 1.26 bits per heavy atom. The van der Waals surface area contributed by atoms with E-state index in [2.05, 4.69) is 16.8 Å². The molecule has 0 unspecified atom stereocenters. The van der Waals surface area contributed by atoms with Gasteiger partial charge in [-0.25, -0.2) is 4.98 Å². The van der Waals surface area contributed by atoms with Crippen LogP contribution in [0.4, 0.5) is 0 Å². The highest BCUT2D eigenvalue weighted by molar-refractivity contribution is 6.29. The molecule has 0 radical (unpaired) electrons. The van der Waals surface area contributed by atoms with Gasteiger partial charge in [-0.3, -0.25) is 4.79 Å². The molecule has 0 bridgehead atoms. The fraction of sp³-hybridized carbons (Fsp3) is 0.571. The molecule has 1 amide bonds. The third-order valence-corrected chi connectivity index (χ3v) is 3.76. The number of hydrogen-bond donors (Lipinski definition) is 0. The van der Waals surface area contributed by atoms with Gasteiger partial charge in [-0.2, -0.15) is 0 Å². The minimum atomic E-state index is 0.0646. The first-order valence-corrected chi connectivity index (χ1v) is 7.20. The van der Waals surface area contributed by atoms with Crippen LogP contribution in [0.5, 0.6) is 0 Å². The number of aryl methyl sites for hydroxylation is 1. The number of likely N-dealkylation sites (N-methyl/N-ethyl adjacent to an activating group) is 1. The Labute approximate surface area is 119 Å². The molecule has 1 aliphatic heterocycles. The van der Waals surface area contributed by atoms with E-state index in [4.69, 9.17) is 11.6 Å². The molecule has 19 heavy (non-hydrogen) atoms. The van der Waals surface area contributed by atoms with E-state index in [1.54, 1.807) is 6.07 Å². The van der Waals surface area contributed by atoms with Crippen molar-refractivity contribution in [2.24, 2.45) is 0 Å². The van der Waals surface area contributed by atoms with Gasteiger partial charge >= 0.3 is 0 Å². The van der Waals surface area contributed by atoms with Crippen LogP contribution in [0.25, 0.3) is 0 Å². The molecule has 0 aliphatic carbocycles. The van der Waals surface area contributed by atoms with Crippen molar-refractivity contribution in [2.75, 3.05) is 32.7 Å². The fourth-order valence-corrected chi connectivity index (χ4v) is 2.53. The minimum absolute atomic E-state index is 0.0646. The van der Waals surface area contributed by atoms with E-state index in [9.17, 15) is 4.79 Å². The van der Waals surface area contributed by atoms with Gasteiger partial charge in [-0.05, 0) is 25.1 Å². The van der Waals surface area contributed by atoms with Crippen molar-refractivity contribution in [1.82, 2.24) is 14.8 Å². The van der Waals surface area contributed by atoms with E-state index in [0.29, 0.717) is 10.7 Å². The first kappa shape index (κ1) is 14.3. The van der Waals surface area contributed by atoms with Crippen molar-refractivity contribution in [2.45, 2.75) is 20.3 Å². The molecule has 0 N–H and O–H groups in total. The van der Waals surface area contributed by atoms with Crippen LogP contribution in [0, 0.1) is 0 Å². The van der Waals surface area contributed by atoms with Gasteiger partial charge in [0.15, 0.2) is 0 Å². The molecule has 0 aromatic carbocycles. The Bertz CT molecular complexity index is 456. The number of aromatic nitrogens is 1. The van der Waals surface area contributed by atoms with E-state index in [1.807, 2.05) is 17.9 Å². The van der Waals surface area contributed by atoms with E-state index >= 15 is 0 Å². The Hall–Kier alpha value is -1.13. The summed E-state index contributed by atoms with van der Waals surface area (Å²) in [4.78, 5) is 20.9. The summed E-state index contributed by atoms with van der Waals surface area (Å²) in [6.45, 7) is 8.66. The molecule has 1 fully saturated rings. The summed E-state index contributed by atoms with van der Waals surface area (Å²) in [6.07, 6.45) is 0.782. The molecule has 2 rings (SSSR count). The van der Waals surface area contributed by atoms with Gasteiger partial charge in [0.05, 0.1) is 0 Å². The standard InChI is InChI=1S/C14H20ClN3O/c1-3-12-9-11(10-13(15)16-12)14(19)18-7-5-17(4-2)6-8-18/h9-10H,3-8H2,1-2H3. The van der Waals surface area contributed by atoms with Crippen LogP contribution in [0.1, 0.15) is 29.9 Å². The Balaban J connectivity index is 2.09. The van der Waals surface area contributed by atoms with Crippen LogP contribution in [0.3, 0.4) is 0 Å². The van der Waals surface area contributed by atoms with Crippen molar-refractivity contribution in [3.8, 4) is 0 Å². The van der Waals surface area contributed by atoms with Gasteiger partial charge in [-0.15, -0.1) is 0 Å². The first-order valence-electron chi connectivity index (χ1n) is 6.82. The summed E-state index contributed by atoms with van der Waals surface area (Å²) in [6, 6.07) is 3.51. The molecule has 1 aliphatic rings. The van der Waals surface area contributed by atoms with Crippen LogP contribution in [-0.2, 0) is 6.42 Å². The van der Waals surface area contributed by atoms with E-state index in [1.165, 1.54) is 0 Å². The summed E-state index contributed by atoms with van der Waals surface area (Å²) in [5.74, 6) is 0.0646. The number of halogens is 1. The van der Waals surface area contributed by atoms with Gasteiger partial charge in [0.1, 0.15) is 5.15 Å². The zero-order valence-electron chi connectivity index (χ0n) is 11.5. The summed E-state index contributed by atoms with van der Waals surface area (Å²) in [7, 11) is 0. The zero-order chi connectivity index (χ0) is 13.8. The lowest BCUT2D eigenvalue weighted by Gasteiger charge is -2.34. The number of rotatable bonds is 3. The SMILES string of the molecule is CCc1cc(C(=O)N2CCN(CC)CC2)cc(Cl)n1. The third kappa shape index (κ3) is 3.45. The zero-order valence-corrected chi connectivity index (χ0v) is 12.3. The molecule has 2 heterocycles. The molecule has 0 spiro atoms. The molecule has 0 atom stereocenters. The molecular weight excluding hydrogens is 262 g/mol. The molecule has 1 saturated heterocycles. The minimum Gasteiger partial charge on any atom is -0.336 e. The topological polar surface area (TPSA) is 36.4 Å². The number of amides is 1. The highest BCUT2D eigenvalue weighted by Crippen LogP contribution is 2.15. The summed E-state index contributed by atoms with van der Waals surface area (Å²) < 4.78 is 0. The second kappa shape index (κ2) is 6.35. The van der Waals surface area contributed by atoms with Crippen molar-refractivity contribution in [3.63, 3.8) is 0 Å². The molecule has 104 valence electrons. The fourth-order valence-electron chi connectivity index (χ4n) is 2.31. The molecule has 1 aromatic rings. The van der Waals surface area contributed by atoms with E-state index in [0.717, 1.165) is 44.8 Å². The Morgan fingerprint density at radius 3 is 2.53 bits per heavy atom. The normalized spacial score (nSPS) is 16.7. The van der Waals surface area contributed by atoms with Crippen LogP contribution in [-0.4, -0.2) is 53.4 Å². The summed E-state index contributed by atoms with van der Waals surface area (Å²) in [5, 5.41) is 0.398. The van der Waals surface area contributed by atoms with Crippen LogP contribution in [0.15, 0.2) is 12.1 Å². The van der Waals surface area contributed by atoms with Crippen LogP contribution in [0.2, 0.25) is 5.15 Å².